The molecule has 2 aromatic heterocycles. The van der Waals surface area contributed by atoms with Crippen LogP contribution in [0, 0.1) is 0 Å². The highest BCUT2D eigenvalue weighted by Gasteiger charge is 2.32. The number of nitrogens with two attached hydrogens (primary N) is 1. The van der Waals surface area contributed by atoms with E-state index in [4.69, 9.17) is 5.73 Å². The van der Waals surface area contributed by atoms with Gasteiger partial charge in [0.1, 0.15) is 0 Å². The summed E-state index contributed by atoms with van der Waals surface area (Å²) in [5, 5.41) is 5.26. The van der Waals surface area contributed by atoms with E-state index in [2.05, 4.69) is 10.1 Å². The van der Waals surface area contributed by atoms with Crippen LogP contribution in [0.1, 0.15) is 5.56 Å². The van der Waals surface area contributed by atoms with Crippen LogP contribution in [-0.2, 0) is 6.18 Å². The third-order valence-electron chi connectivity index (χ3n) is 3.00. The van der Waals surface area contributed by atoms with E-state index in [-0.39, 0.29) is 0 Å². The van der Waals surface area contributed by atoms with Crippen molar-refractivity contribution in [3.63, 3.8) is 0 Å². The molecule has 0 bridgehead atoms. The van der Waals surface area contributed by atoms with E-state index in [1.807, 2.05) is 0 Å². The summed E-state index contributed by atoms with van der Waals surface area (Å²) < 4.78 is 38.9. The molecule has 0 radical (unpaired) electrons. The highest BCUT2D eigenvalue weighted by Crippen LogP contribution is 2.31. The lowest BCUT2D eigenvalue weighted by molar-refractivity contribution is -0.137. The molecule has 0 aliphatic heterocycles. The zero-order valence-electron chi connectivity index (χ0n) is 10.1. The van der Waals surface area contributed by atoms with E-state index in [1.54, 1.807) is 30.6 Å². The Morgan fingerprint density at radius 2 is 1.90 bits per heavy atom. The maximum atomic E-state index is 12.6. The van der Waals surface area contributed by atoms with Crippen LogP contribution in [0.5, 0.6) is 0 Å². The number of nitrogens with zero attached hydrogens (tertiary/aromatic N) is 3. The average molecular weight is 278 g/mol. The van der Waals surface area contributed by atoms with Gasteiger partial charge < -0.3 is 5.73 Å². The van der Waals surface area contributed by atoms with Gasteiger partial charge in [0.25, 0.3) is 0 Å². The largest absolute Gasteiger partial charge is 0.419 e. The van der Waals surface area contributed by atoms with Crippen LogP contribution in [0.3, 0.4) is 0 Å². The lowest BCUT2D eigenvalue weighted by Crippen LogP contribution is -2.04. The Hall–Kier alpha value is -2.57. The van der Waals surface area contributed by atoms with Crippen LogP contribution in [0.4, 0.5) is 18.9 Å². The summed E-state index contributed by atoms with van der Waals surface area (Å²) in [7, 11) is 0. The van der Waals surface area contributed by atoms with E-state index in [9.17, 15) is 13.2 Å². The van der Waals surface area contributed by atoms with Crippen molar-refractivity contribution in [1.82, 2.24) is 14.8 Å². The Bertz CT molecular complexity index is 777. The molecule has 0 atom stereocenters. The Morgan fingerprint density at radius 1 is 1.10 bits per heavy atom. The molecule has 102 valence electrons. The van der Waals surface area contributed by atoms with Gasteiger partial charge in [-0.15, -0.1) is 0 Å². The Labute approximate surface area is 111 Å². The first kappa shape index (κ1) is 12.5. The van der Waals surface area contributed by atoms with Crippen molar-refractivity contribution in [2.24, 2.45) is 0 Å². The Balaban J connectivity index is 2.15. The smallest absolute Gasteiger partial charge is 0.396 e. The highest BCUT2D eigenvalue weighted by molar-refractivity contribution is 5.96. The minimum atomic E-state index is -4.42. The van der Waals surface area contributed by atoms with Gasteiger partial charge in [-0.1, -0.05) is 6.07 Å². The predicted octanol–water partition coefficient (Wildman–Crippen LogP) is 3.02. The van der Waals surface area contributed by atoms with E-state index < -0.39 is 11.7 Å². The fraction of sp³-hybridized carbons (Fsp3) is 0.0769. The molecular formula is C13H9F3N4. The van der Waals surface area contributed by atoms with Gasteiger partial charge in [-0.25, -0.2) is 4.68 Å². The summed E-state index contributed by atoms with van der Waals surface area (Å²) in [6.45, 7) is 0. The molecule has 2 N–H and O–H groups in total. The molecule has 0 spiro atoms. The van der Waals surface area contributed by atoms with Gasteiger partial charge in [0.2, 0.25) is 0 Å². The number of hydrogen-bond acceptors (Lipinski definition) is 3. The maximum absolute atomic E-state index is 12.6. The van der Waals surface area contributed by atoms with Crippen molar-refractivity contribution >= 4 is 16.5 Å². The third kappa shape index (κ3) is 1.97. The molecule has 2 heterocycles. The van der Waals surface area contributed by atoms with Crippen LogP contribution in [0.15, 0.2) is 43.0 Å². The molecule has 0 aliphatic carbocycles. The molecule has 4 nitrogen and oxygen atoms in total. The summed E-state index contributed by atoms with van der Waals surface area (Å²) in [6.07, 6.45) is 0.481. The van der Waals surface area contributed by atoms with Gasteiger partial charge in [0.15, 0.2) is 0 Å². The standard InChI is InChI=1S/C13H9F3N4/c14-13(15,16)9-6-19-20(7-9)11-2-1-8-5-18-4-3-10(8)12(11)17/h1-7H,17H2. The third-order valence-corrected chi connectivity index (χ3v) is 3.00. The number of anilines is 1. The van der Waals surface area contributed by atoms with Gasteiger partial charge in [-0.2, -0.15) is 18.3 Å². The van der Waals surface area contributed by atoms with E-state index in [1.165, 1.54) is 0 Å². The summed E-state index contributed by atoms with van der Waals surface area (Å²) in [5.41, 5.74) is 5.95. The van der Waals surface area contributed by atoms with E-state index >= 15 is 0 Å². The number of alkyl halides is 3. The van der Waals surface area contributed by atoms with Crippen molar-refractivity contribution in [3.05, 3.63) is 48.5 Å². The monoisotopic (exact) mass is 278 g/mol. The lowest BCUT2D eigenvalue weighted by atomic mass is 10.1. The van der Waals surface area contributed by atoms with E-state index in [0.29, 0.717) is 11.4 Å². The number of halogens is 3. The van der Waals surface area contributed by atoms with Crippen molar-refractivity contribution in [1.29, 1.82) is 0 Å². The Morgan fingerprint density at radius 3 is 2.60 bits per heavy atom. The number of aromatic nitrogens is 3. The molecule has 3 aromatic rings. The second kappa shape index (κ2) is 4.22. The number of hydrogen-bond donors (Lipinski definition) is 1. The van der Waals surface area contributed by atoms with E-state index in [0.717, 1.165) is 27.8 Å². The summed E-state index contributed by atoms with van der Waals surface area (Å²) >= 11 is 0. The van der Waals surface area contributed by atoms with Crippen LogP contribution < -0.4 is 5.73 Å². The zero-order valence-corrected chi connectivity index (χ0v) is 10.1. The van der Waals surface area contributed by atoms with Crippen molar-refractivity contribution in [2.75, 3.05) is 5.73 Å². The molecule has 0 aliphatic rings. The minimum absolute atomic E-state index is 0.363. The molecule has 3 rings (SSSR count). The Kier molecular flexibility index (Phi) is 2.63. The lowest BCUT2D eigenvalue weighted by Gasteiger charge is -2.08. The minimum Gasteiger partial charge on any atom is -0.396 e. The molecule has 0 unspecified atom stereocenters. The van der Waals surface area contributed by atoms with Gasteiger partial charge in [0, 0.05) is 29.4 Å². The summed E-state index contributed by atoms with van der Waals surface area (Å²) in [5.74, 6) is 0. The first-order valence-electron chi connectivity index (χ1n) is 5.71. The van der Waals surface area contributed by atoms with Crippen LogP contribution in [0.25, 0.3) is 16.5 Å². The first-order chi connectivity index (χ1) is 9.47. The number of pyridine rings is 1. The molecule has 0 amide bonds. The van der Waals surface area contributed by atoms with Crippen molar-refractivity contribution < 1.29 is 13.2 Å². The van der Waals surface area contributed by atoms with Crippen molar-refractivity contribution in [2.45, 2.75) is 6.18 Å². The first-order valence-corrected chi connectivity index (χ1v) is 5.71. The second-order valence-electron chi connectivity index (χ2n) is 4.27. The quantitative estimate of drug-likeness (QED) is 0.696. The van der Waals surface area contributed by atoms with Gasteiger partial charge >= 0.3 is 6.18 Å². The fourth-order valence-corrected chi connectivity index (χ4v) is 1.98. The molecule has 20 heavy (non-hydrogen) atoms. The van der Waals surface area contributed by atoms with Gasteiger partial charge in [-0.05, 0) is 12.1 Å². The second-order valence-corrected chi connectivity index (χ2v) is 4.27. The molecule has 0 saturated carbocycles. The van der Waals surface area contributed by atoms with Crippen LogP contribution in [-0.4, -0.2) is 14.8 Å². The topological polar surface area (TPSA) is 56.7 Å². The molecule has 0 fully saturated rings. The molecule has 7 heteroatoms. The predicted molar refractivity (Wildman–Crippen MR) is 68.3 cm³/mol. The maximum Gasteiger partial charge on any atom is 0.419 e. The van der Waals surface area contributed by atoms with Gasteiger partial charge in [-0.3, -0.25) is 4.98 Å². The normalized spacial score (nSPS) is 11.9. The number of fused-ring (bicyclic) bond motifs is 1. The number of benzene rings is 1. The molecule has 1 aromatic carbocycles. The average Bonchev–Trinajstić information content (AvgIpc) is 2.89. The zero-order chi connectivity index (χ0) is 14.3. The fourth-order valence-electron chi connectivity index (χ4n) is 1.98. The number of nitrogen functional groups attached to an aromatic ring is 1. The van der Waals surface area contributed by atoms with Crippen molar-refractivity contribution in [3.8, 4) is 5.69 Å². The van der Waals surface area contributed by atoms with Crippen LogP contribution in [0.2, 0.25) is 0 Å². The SMILES string of the molecule is Nc1c(-n2cc(C(F)(F)F)cn2)ccc2cnccc12. The molecular weight excluding hydrogens is 269 g/mol. The summed E-state index contributed by atoms with van der Waals surface area (Å²) in [4.78, 5) is 3.97. The van der Waals surface area contributed by atoms with Crippen LogP contribution >= 0.6 is 0 Å². The number of rotatable bonds is 1. The highest BCUT2D eigenvalue weighted by atomic mass is 19.4. The van der Waals surface area contributed by atoms with Gasteiger partial charge in [0.05, 0.1) is 23.1 Å². The molecule has 0 saturated heterocycles. The summed E-state index contributed by atoms with van der Waals surface area (Å²) in [6, 6.07) is 5.07.